The standard InChI is InChI=1S/C20H22N2O4/c1-25-18-9-8-13(11-17(18)23)19-21-16-7-3-2-6-15(16)20(24)22(19)12-14-5-4-10-26-14/h2-3,6-9,11,14,19,21,23H,4-5,10,12H2,1H3/t14-,19-/m1/s1. The van der Waals surface area contributed by atoms with Gasteiger partial charge < -0.3 is 24.8 Å². The Bertz CT molecular complexity index is 817. The number of methoxy groups -OCH3 is 1. The molecule has 1 amide bonds. The van der Waals surface area contributed by atoms with E-state index in [1.807, 2.05) is 30.3 Å². The van der Waals surface area contributed by atoms with Gasteiger partial charge in [-0.05, 0) is 42.7 Å². The summed E-state index contributed by atoms with van der Waals surface area (Å²) in [5.74, 6) is 0.423. The number of hydrogen-bond donors (Lipinski definition) is 2. The molecule has 0 aliphatic carbocycles. The van der Waals surface area contributed by atoms with Crippen molar-refractivity contribution in [2.75, 3.05) is 25.6 Å². The van der Waals surface area contributed by atoms with Crippen LogP contribution < -0.4 is 10.1 Å². The Hall–Kier alpha value is -2.73. The second-order valence-electron chi connectivity index (χ2n) is 6.62. The number of nitrogens with one attached hydrogen (secondary N) is 1. The summed E-state index contributed by atoms with van der Waals surface area (Å²) in [5, 5.41) is 13.6. The molecule has 6 nitrogen and oxygen atoms in total. The van der Waals surface area contributed by atoms with Gasteiger partial charge in [0.15, 0.2) is 11.5 Å². The van der Waals surface area contributed by atoms with Gasteiger partial charge in [0.05, 0.1) is 18.8 Å². The molecule has 4 rings (SSSR count). The van der Waals surface area contributed by atoms with E-state index in [0.29, 0.717) is 17.9 Å². The van der Waals surface area contributed by atoms with Gasteiger partial charge in [-0.1, -0.05) is 18.2 Å². The van der Waals surface area contributed by atoms with Crippen molar-refractivity contribution < 1.29 is 19.4 Å². The molecule has 0 spiro atoms. The van der Waals surface area contributed by atoms with Gasteiger partial charge in [0.25, 0.3) is 5.91 Å². The Morgan fingerprint density at radius 2 is 2.15 bits per heavy atom. The van der Waals surface area contributed by atoms with E-state index in [0.717, 1.165) is 30.7 Å². The minimum absolute atomic E-state index is 0.0323. The summed E-state index contributed by atoms with van der Waals surface area (Å²) in [7, 11) is 1.51. The third-order valence-electron chi connectivity index (χ3n) is 4.97. The fourth-order valence-electron chi connectivity index (χ4n) is 3.63. The van der Waals surface area contributed by atoms with Crippen LogP contribution in [0.1, 0.15) is 34.9 Å². The Labute approximate surface area is 152 Å². The number of carbonyl (C=O) groups excluding carboxylic acids is 1. The van der Waals surface area contributed by atoms with Crippen molar-refractivity contribution in [3.63, 3.8) is 0 Å². The van der Waals surface area contributed by atoms with Crippen molar-refractivity contribution in [2.45, 2.75) is 25.1 Å². The van der Waals surface area contributed by atoms with Crippen LogP contribution in [0.3, 0.4) is 0 Å². The van der Waals surface area contributed by atoms with Crippen LogP contribution in [-0.2, 0) is 4.74 Å². The summed E-state index contributed by atoms with van der Waals surface area (Å²) in [6, 6.07) is 12.7. The number of ether oxygens (including phenoxy) is 2. The molecule has 2 heterocycles. The summed E-state index contributed by atoms with van der Waals surface area (Å²) >= 11 is 0. The zero-order chi connectivity index (χ0) is 18.1. The quantitative estimate of drug-likeness (QED) is 0.883. The van der Waals surface area contributed by atoms with Crippen molar-refractivity contribution in [1.82, 2.24) is 4.90 Å². The van der Waals surface area contributed by atoms with Gasteiger partial charge in [-0.3, -0.25) is 4.79 Å². The van der Waals surface area contributed by atoms with Gasteiger partial charge in [0.2, 0.25) is 0 Å². The minimum atomic E-state index is -0.376. The van der Waals surface area contributed by atoms with Crippen molar-refractivity contribution in [2.24, 2.45) is 0 Å². The zero-order valence-corrected chi connectivity index (χ0v) is 14.6. The number of amides is 1. The molecule has 2 atom stereocenters. The molecule has 2 aliphatic heterocycles. The van der Waals surface area contributed by atoms with Crippen molar-refractivity contribution in [3.8, 4) is 11.5 Å². The first-order valence-electron chi connectivity index (χ1n) is 8.82. The number of para-hydroxylation sites is 1. The van der Waals surface area contributed by atoms with Crippen LogP contribution >= 0.6 is 0 Å². The molecule has 6 heteroatoms. The lowest BCUT2D eigenvalue weighted by molar-refractivity contribution is 0.0426. The van der Waals surface area contributed by atoms with Gasteiger partial charge in [-0.25, -0.2) is 0 Å². The number of rotatable bonds is 4. The van der Waals surface area contributed by atoms with Crippen molar-refractivity contribution >= 4 is 11.6 Å². The fourth-order valence-corrected chi connectivity index (χ4v) is 3.63. The third-order valence-corrected chi connectivity index (χ3v) is 4.97. The first kappa shape index (κ1) is 16.7. The Balaban J connectivity index is 1.71. The summed E-state index contributed by atoms with van der Waals surface area (Å²) in [6.07, 6.45) is 1.63. The third kappa shape index (κ3) is 2.97. The monoisotopic (exact) mass is 354 g/mol. The van der Waals surface area contributed by atoms with E-state index in [4.69, 9.17) is 9.47 Å². The van der Waals surface area contributed by atoms with E-state index < -0.39 is 0 Å². The molecule has 1 fully saturated rings. The Morgan fingerprint density at radius 3 is 2.88 bits per heavy atom. The smallest absolute Gasteiger partial charge is 0.257 e. The summed E-state index contributed by atoms with van der Waals surface area (Å²) in [4.78, 5) is 14.9. The van der Waals surface area contributed by atoms with E-state index in [-0.39, 0.29) is 23.9 Å². The minimum Gasteiger partial charge on any atom is -0.504 e. The molecule has 2 N–H and O–H groups in total. The maximum absolute atomic E-state index is 13.1. The van der Waals surface area contributed by atoms with E-state index in [9.17, 15) is 9.90 Å². The first-order chi connectivity index (χ1) is 12.7. The summed E-state index contributed by atoms with van der Waals surface area (Å²) < 4.78 is 10.9. The highest BCUT2D eigenvalue weighted by molar-refractivity contribution is 6.01. The number of aromatic hydroxyl groups is 1. The lowest BCUT2D eigenvalue weighted by Crippen LogP contribution is -2.46. The van der Waals surface area contributed by atoms with Crippen molar-refractivity contribution in [3.05, 3.63) is 53.6 Å². The van der Waals surface area contributed by atoms with Gasteiger partial charge in [0, 0.05) is 18.8 Å². The largest absolute Gasteiger partial charge is 0.504 e. The lowest BCUT2D eigenvalue weighted by Gasteiger charge is -2.39. The molecular weight excluding hydrogens is 332 g/mol. The number of fused-ring (bicyclic) bond motifs is 1. The van der Waals surface area contributed by atoms with Crippen LogP contribution in [0, 0.1) is 0 Å². The molecule has 0 aromatic heterocycles. The topological polar surface area (TPSA) is 71.0 Å². The first-order valence-corrected chi connectivity index (χ1v) is 8.82. The molecule has 2 aromatic rings. The van der Waals surface area contributed by atoms with Gasteiger partial charge in [-0.15, -0.1) is 0 Å². The average Bonchev–Trinajstić information content (AvgIpc) is 3.17. The molecule has 0 saturated carbocycles. The van der Waals surface area contributed by atoms with E-state index >= 15 is 0 Å². The number of carbonyl (C=O) groups is 1. The van der Waals surface area contributed by atoms with Crippen LogP contribution in [-0.4, -0.2) is 42.3 Å². The molecule has 0 bridgehead atoms. The van der Waals surface area contributed by atoms with Crippen LogP contribution in [0.4, 0.5) is 5.69 Å². The van der Waals surface area contributed by atoms with E-state index in [2.05, 4.69) is 5.32 Å². The molecule has 2 aromatic carbocycles. The molecule has 1 saturated heterocycles. The van der Waals surface area contributed by atoms with Gasteiger partial charge in [-0.2, -0.15) is 0 Å². The Morgan fingerprint density at radius 1 is 1.31 bits per heavy atom. The number of phenolic OH excluding ortho intramolecular Hbond substituents is 1. The highest BCUT2D eigenvalue weighted by Gasteiger charge is 2.35. The maximum atomic E-state index is 13.1. The fraction of sp³-hybridized carbons (Fsp3) is 0.350. The van der Waals surface area contributed by atoms with E-state index in [1.54, 1.807) is 17.0 Å². The average molecular weight is 354 g/mol. The number of phenols is 1. The summed E-state index contributed by atoms with van der Waals surface area (Å²) in [6.45, 7) is 1.25. The Kier molecular flexibility index (Phi) is 4.42. The predicted molar refractivity (Wildman–Crippen MR) is 97.5 cm³/mol. The second-order valence-corrected chi connectivity index (χ2v) is 6.62. The number of nitrogens with zero attached hydrogens (tertiary/aromatic N) is 1. The van der Waals surface area contributed by atoms with Crippen LogP contribution in [0.5, 0.6) is 11.5 Å². The molecular formula is C20H22N2O4. The van der Waals surface area contributed by atoms with Crippen LogP contribution in [0.25, 0.3) is 0 Å². The predicted octanol–water partition coefficient (Wildman–Crippen LogP) is 3.15. The van der Waals surface area contributed by atoms with Crippen LogP contribution in [0.2, 0.25) is 0 Å². The number of anilines is 1. The molecule has 0 unspecified atom stereocenters. The highest BCUT2D eigenvalue weighted by atomic mass is 16.5. The molecule has 0 radical (unpaired) electrons. The molecule has 136 valence electrons. The zero-order valence-electron chi connectivity index (χ0n) is 14.6. The van der Waals surface area contributed by atoms with Crippen molar-refractivity contribution in [1.29, 1.82) is 0 Å². The number of benzene rings is 2. The second kappa shape index (κ2) is 6.88. The van der Waals surface area contributed by atoms with Crippen LogP contribution in [0.15, 0.2) is 42.5 Å². The molecule has 2 aliphatic rings. The normalized spacial score (nSPS) is 22.0. The SMILES string of the molecule is COc1ccc([C@@H]2Nc3ccccc3C(=O)N2C[C@H]2CCCO2)cc1O. The van der Waals surface area contributed by atoms with E-state index in [1.165, 1.54) is 7.11 Å². The lowest BCUT2D eigenvalue weighted by atomic mass is 10.0. The van der Waals surface area contributed by atoms with Gasteiger partial charge in [0.1, 0.15) is 6.17 Å². The molecule has 26 heavy (non-hydrogen) atoms. The summed E-state index contributed by atoms with van der Waals surface area (Å²) in [5.41, 5.74) is 2.24. The maximum Gasteiger partial charge on any atom is 0.257 e. The van der Waals surface area contributed by atoms with Gasteiger partial charge >= 0.3 is 0 Å². The highest BCUT2D eigenvalue weighted by Crippen LogP contribution is 2.37. The number of hydrogen-bond acceptors (Lipinski definition) is 5.